The summed E-state index contributed by atoms with van der Waals surface area (Å²) in [6.07, 6.45) is 7.52. The highest BCUT2D eigenvalue weighted by Gasteiger charge is 2.45. The third-order valence-electron chi connectivity index (χ3n) is 5.88. The average molecular weight is 354 g/mol. The minimum Gasteiger partial charge on any atom is -0.355 e. The second kappa shape index (κ2) is 7.02. The predicted molar refractivity (Wildman–Crippen MR) is 97.1 cm³/mol. The molecular formula is C20H23FN4O. The Morgan fingerprint density at radius 1 is 1.27 bits per heavy atom. The van der Waals surface area contributed by atoms with Crippen LogP contribution >= 0.6 is 0 Å². The molecule has 5 nitrogen and oxygen atoms in total. The molecule has 1 aromatic heterocycles. The molecule has 2 fully saturated rings. The number of rotatable bonds is 4. The van der Waals surface area contributed by atoms with Crippen LogP contribution in [-0.2, 0) is 11.2 Å². The number of likely N-dealkylation sites (tertiary alicyclic amines) is 1. The highest BCUT2D eigenvalue weighted by molar-refractivity contribution is 5.79. The molecule has 2 heterocycles. The van der Waals surface area contributed by atoms with Gasteiger partial charge in [0.25, 0.3) is 0 Å². The Kier molecular flexibility index (Phi) is 4.57. The largest absolute Gasteiger partial charge is 0.355 e. The molecule has 0 radical (unpaired) electrons. The molecule has 4 rings (SSSR count). The van der Waals surface area contributed by atoms with Crippen molar-refractivity contribution >= 4 is 11.7 Å². The molecule has 6 heteroatoms. The molecule has 1 aliphatic heterocycles. The number of fused-ring (bicyclic) bond motifs is 1. The van der Waals surface area contributed by atoms with Gasteiger partial charge in [0.1, 0.15) is 11.6 Å². The van der Waals surface area contributed by atoms with Gasteiger partial charge in [-0.05, 0) is 30.4 Å². The predicted octanol–water partition coefficient (Wildman–Crippen LogP) is 2.53. The van der Waals surface area contributed by atoms with E-state index in [0.29, 0.717) is 23.4 Å². The summed E-state index contributed by atoms with van der Waals surface area (Å²) in [6.45, 7) is 1.52. The Morgan fingerprint density at radius 2 is 2.12 bits per heavy atom. The lowest BCUT2D eigenvalue weighted by molar-refractivity contribution is -0.129. The van der Waals surface area contributed by atoms with E-state index in [1.807, 2.05) is 4.90 Å². The van der Waals surface area contributed by atoms with Gasteiger partial charge >= 0.3 is 0 Å². The van der Waals surface area contributed by atoms with Gasteiger partial charge in [0.15, 0.2) is 0 Å². The van der Waals surface area contributed by atoms with Crippen molar-refractivity contribution in [3.8, 4) is 0 Å². The summed E-state index contributed by atoms with van der Waals surface area (Å²) < 4.78 is 13.8. The van der Waals surface area contributed by atoms with Crippen molar-refractivity contribution in [3.63, 3.8) is 0 Å². The van der Waals surface area contributed by atoms with Gasteiger partial charge in [0, 0.05) is 44.5 Å². The smallest absolute Gasteiger partial charge is 0.227 e. The van der Waals surface area contributed by atoms with Crippen LogP contribution in [0, 0.1) is 17.7 Å². The number of amides is 1. The van der Waals surface area contributed by atoms with E-state index < -0.39 is 0 Å². The molecule has 1 saturated heterocycles. The first kappa shape index (κ1) is 16.9. The zero-order valence-corrected chi connectivity index (χ0v) is 14.9. The Bertz CT molecular complexity index is 784. The zero-order chi connectivity index (χ0) is 18.1. The van der Waals surface area contributed by atoms with E-state index in [0.717, 1.165) is 31.7 Å². The van der Waals surface area contributed by atoms with Crippen molar-refractivity contribution < 1.29 is 9.18 Å². The highest BCUT2D eigenvalue weighted by atomic mass is 19.1. The van der Waals surface area contributed by atoms with Gasteiger partial charge < -0.3 is 9.80 Å². The number of aromatic nitrogens is 2. The quantitative estimate of drug-likeness (QED) is 0.847. The van der Waals surface area contributed by atoms with Crippen molar-refractivity contribution in [3.05, 3.63) is 54.2 Å². The van der Waals surface area contributed by atoms with E-state index in [-0.39, 0.29) is 18.1 Å². The van der Waals surface area contributed by atoms with E-state index in [1.165, 1.54) is 6.07 Å². The lowest BCUT2D eigenvalue weighted by Crippen LogP contribution is -2.39. The first-order valence-electron chi connectivity index (χ1n) is 9.13. The van der Waals surface area contributed by atoms with E-state index in [4.69, 9.17) is 0 Å². The van der Waals surface area contributed by atoms with Crippen molar-refractivity contribution in [2.75, 3.05) is 25.0 Å². The number of hydrogen-bond donors (Lipinski definition) is 0. The number of halogens is 1. The van der Waals surface area contributed by atoms with Crippen molar-refractivity contribution in [1.82, 2.24) is 14.9 Å². The molecule has 136 valence electrons. The molecule has 2 aliphatic rings. The fourth-order valence-electron chi connectivity index (χ4n) is 4.48. The molecule has 0 N–H and O–H groups in total. The molecule has 0 unspecified atom stereocenters. The van der Waals surface area contributed by atoms with Crippen LogP contribution < -0.4 is 4.90 Å². The van der Waals surface area contributed by atoms with Crippen LogP contribution in [0.5, 0.6) is 0 Å². The van der Waals surface area contributed by atoms with Crippen LogP contribution in [0.25, 0.3) is 0 Å². The average Bonchev–Trinajstić information content (AvgIpc) is 3.24. The first-order valence-corrected chi connectivity index (χ1v) is 9.13. The normalized spacial score (nSPS) is 24.5. The summed E-state index contributed by atoms with van der Waals surface area (Å²) in [5, 5.41) is 0. The fourth-order valence-corrected chi connectivity index (χ4v) is 4.48. The summed E-state index contributed by atoms with van der Waals surface area (Å²) in [6, 6.07) is 6.89. The number of anilines is 1. The Hall–Kier alpha value is -2.50. The third kappa shape index (κ3) is 3.16. The van der Waals surface area contributed by atoms with Crippen LogP contribution in [0.1, 0.15) is 18.4 Å². The molecule has 1 saturated carbocycles. The molecular weight excluding hydrogens is 331 g/mol. The van der Waals surface area contributed by atoms with Gasteiger partial charge in [-0.1, -0.05) is 18.2 Å². The monoisotopic (exact) mass is 354 g/mol. The van der Waals surface area contributed by atoms with Gasteiger partial charge in [-0.2, -0.15) is 0 Å². The fraction of sp³-hybridized carbons (Fsp3) is 0.450. The van der Waals surface area contributed by atoms with Crippen LogP contribution in [0.15, 0.2) is 42.9 Å². The van der Waals surface area contributed by atoms with E-state index in [9.17, 15) is 9.18 Å². The summed E-state index contributed by atoms with van der Waals surface area (Å²) in [4.78, 5) is 25.3. The lowest BCUT2D eigenvalue weighted by Gasteiger charge is -2.30. The molecule has 1 amide bonds. The minimum atomic E-state index is -0.305. The SMILES string of the molecule is CN(c1cnccn1)[C@@H]1CC[C@@H]2CN(C(=O)Cc3ccccc3F)C[C@@H]21. The van der Waals surface area contributed by atoms with Crippen LogP contribution in [0.3, 0.4) is 0 Å². The van der Waals surface area contributed by atoms with Crippen LogP contribution in [-0.4, -0.2) is 47.0 Å². The number of hydrogen-bond acceptors (Lipinski definition) is 4. The van der Waals surface area contributed by atoms with Crippen molar-refractivity contribution in [2.24, 2.45) is 11.8 Å². The van der Waals surface area contributed by atoms with Gasteiger partial charge in [0.2, 0.25) is 5.91 Å². The second-order valence-corrected chi connectivity index (χ2v) is 7.31. The third-order valence-corrected chi connectivity index (χ3v) is 5.88. The molecule has 0 bridgehead atoms. The summed E-state index contributed by atoms with van der Waals surface area (Å²) >= 11 is 0. The van der Waals surface area contributed by atoms with Gasteiger partial charge in [0.05, 0.1) is 12.6 Å². The maximum absolute atomic E-state index is 13.8. The van der Waals surface area contributed by atoms with E-state index >= 15 is 0 Å². The molecule has 0 spiro atoms. The number of carbonyl (C=O) groups is 1. The maximum atomic E-state index is 13.8. The van der Waals surface area contributed by atoms with Gasteiger partial charge in [-0.15, -0.1) is 0 Å². The van der Waals surface area contributed by atoms with Crippen LogP contribution in [0.4, 0.5) is 10.2 Å². The molecule has 2 aromatic rings. The summed E-state index contributed by atoms with van der Waals surface area (Å²) in [7, 11) is 2.06. The molecule has 1 aromatic carbocycles. The van der Waals surface area contributed by atoms with Crippen LogP contribution in [0.2, 0.25) is 0 Å². The molecule has 3 atom stereocenters. The summed E-state index contributed by atoms with van der Waals surface area (Å²) in [5.41, 5.74) is 0.475. The summed E-state index contributed by atoms with van der Waals surface area (Å²) in [5.74, 6) is 1.54. The number of carbonyl (C=O) groups excluding carboxylic acids is 1. The Labute approximate surface area is 152 Å². The zero-order valence-electron chi connectivity index (χ0n) is 14.9. The Morgan fingerprint density at radius 3 is 2.88 bits per heavy atom. The second-order valence-electron chi connectivity index (χ2n) is 7.31. The highest BCUT2D eigenvalue weighted by Crippen LogP contribution is 2.41. The number of benzene rings is 1. The maximum Gasteiger partial charge on any atom is 0.227 e. The number of nitrogens with zero attached hydrogens (tertiary/aromatic N) is 4. The van der Waals surface area contributed by atoms with Crippen molar-refractivity contribution in [1.29, 1.82) is 0 Å². The van der Waals surface area contributed by atoms with E-state index in [2.05, 4.69) is 21.9 Å². The van der Waals surface area contributed by atoms with E-state index in [1.54, 1.807) is 36.8 Å². The van der Waals surface area contributed by atoms with Crippen molar-refractivity contribution in [2.45, 2.75) is 25.3 Å². The molecule has 26 heavy (non-hydrogen) atoms. The first-order chi connectivity index (χ1) is 12.6. The molecule has 1 aliphatic carbocycles. The Balaban J connectivity index is 1.43. The lowest BCUT2D eigenvalue weighted by atomic mass is 9.97. The standard InChI is InChI=1S/C20H23FN4O/c1-24(19-11-22-8-9-23-19)18-7-6-15-12-25(13-16(15)18)20(26)10-14-4-2-3-5-17(14)21/h2-5,8-9,11,15-16,18H,6-7,10,12-13H2,1H3/t15-,16+,18-/m1/s1. The van der Waals surface area contributed by atoms with Gasteiger partial charge in [-0.3, -0.25) is 9.78 Å². The minimum absolute atomic E-state index is 0.0189. The van der Waals surface area contributed by atoms with Gasteiger partial charge in [-0.25, -0.2) is 9.37 Å². The topological polar surface area (TPSA) is 49.3 Å².